The zero-order chi connectivity index (χ0) is 20.9. The number of aryl methyl sites for hydroxylation is 1. The molecule has 1 fully saturated rings. The fraction of sp³-hybridized carbons (Fsp3) is 0.308. The SMILES string of the molecule is Cc1cccc(-c2cnc(CC(=O)C3(c4ccc5c(c4)OCO5)CC3)c(C)c2C)c1. The van der Waals surface area contributed by atoms with E-state index in [2.05, 4.69) is 45.0 Å². The normalized spacial score (nSPS) is 15.8. The van der Waals surface area contributed by atoms with Crippen LogP contribution in [0.5, 0.6) is 11.5 Å². The minimum absolute atomic E-state index is 0.236. The lowest BCUT2D eigenvalue weighted by Gasteiger charge is -2.17. The molecule has 152 valence electrons. The van der Waals surface area contributed by atoms with E-state index in [4.69, 9.17) is 14.5 Å². The van der Waals surface area contributed by atoms with Gasteiger partial charge in [0.15, 0.2) is 11.5 Å². The van der Waals surface area contributed by atoms with Gasteiger partial charge in [-0.15, -0.1) is 0 Å². The van der Waals surface area contributed by atoms with Crippen molar-refractivity contribution in [2.75, 3.05) is 6.79 Å². The molecular formula is C26H25NO3. The Morgan fingerprint density at radius 1 is 1.00 bits per heavy atom. The molecule has 0 atom stereocenters. The van der Waals surface area contributed by atoms with E-state index in [1.807, 2.05) is 24.4 Å². The average Bonchev–Trinajstić information content (AvgIpc) is 3.42. The second kappa shape index (κ2) is 6.98. The Kier molecular flexibility index (Phi) is 4.39. The van der Waals surface area contributed by atoms with Crippen molar-refractivity contribution < 1.29 is 14.3 Å². The lowest BCUT2D eigenvalue weighted by atomic mass is 9.87. The number of aromatic nitrogens is 1. The van der Waals surface area contributed by atoms with Gasteiger partial charge in [-0.2, -0.15) is 0 Å². The first kappa shape index (κ1) is 18.9. The highest BCUT2D eigenvalue weighted by Gasteiger charge is 2.51. The van der Waals surface area contributed by atoms with Crippen LogP contribution < -0.4 is 9.47 Å². The molecule has 2 heterocycles. The number of fused-ring (bicyclic) bond motifs is 1. The first-order valence-electron chi connectivity index (χ1n) is 10.4. The van der Waals surface area contributed by atoms with Crippen molar-refractivity contribution in [3.05, 3.63) is 76.6 Å². The number of pyridine rings is 1. The molecule has 4 heteroatoms. The molecule has 1 aliphatic heterocycles. The van der Waals surface area contributed by atoms with Crippen LogP contribution >= 0.6 is 0 Å². The lowest BCUT2D eigenvalue weighted by molar-refractivity contribution is -0.120. The van der Waals surface area contributed by atoms with Crippen LogP contribution in [-0.4, -0.2) is 17.6 Å². The number of carbonyl (C=O) groups is 1. The zero-order valence-electron chi connectivity index (χ0n) is 17.6. The molecule has 1 aromatic heterocycles. The summed E-state index contributed by atoms with van der Waals surface area (Å²) in [4.78, 5) is 18.1. The van der Waals surface area contributed by atoms with E-state index >= 15 is 0 Å². The molecule has 1 aliphatic carbocycles. The Morgan fingerprint density at radius 3 is 2.57 bits per heavy atom. The zero-order valence-corrected chi connectivity index (χ0v) is 17.6. The molecule has 5 rings (SSSR count). The molecule has 0 N–H and O–H groups in total. The molecule has 1 saturated carbocycles. The molecule has 0 unspecified atom stereocenters. The van der Waals surface area contributed by atoms with Gasteiger partial charge in [-0.05, 0) is 68.0 Å². The number of benzene rings is 2. The monoisotopic (exact) mass is 399 g/mol. The number of rotatable bonds is 5. The summed E-state index contributed by atoms with van der Waals surface area (Å²) in [6, 6.07) is 14.3. The highest BCUT2D eigenvalue weighted by atomic mass is 16.7. The maximum Gasteiger partial charge on any atom is 0.231 e. The van der Waals surface area contributed by atoms with Gasteiger partial charge in [0.25, 0.3) is 0 Å². The molecular weight excluding hydrogens is 374 g/mol. The van der Waals surface area contributed by atoms with Gasteiger partial charge in [0.2, 0.25) is 6.79 Å². The van der Waals surface area contributed by atoms with Crippen LogP contribution in [0, 0.1) is 20.8 Å². The van der Waals surface area contributed by atoms with Crippen LogP contribution in [0.1, 0.15) is 40.8 Å². The van der Waals surface area contributed by atoms with Gasteiger partial charge in [0.1, 0.15) is 5.78 Å². The van der Waals surface area contributed by atoms with E-state index < -0.39 is 5.41 Å². The summed E-state index contributed by atoms with van der Waals surface area (Å²) in [6.45, 7) is 6.53. The fourth-order valence-electron chi connectivity index (χ4n) is 4.41. The smallest absolute Gasteiger partial charge is 0.231 e. The third kappa shape index (κ3) is 3.07. The highest BCUT2D eigenvalue weighted by Crippen LogP contribution is 2.51. The van der Waals surface area contributed by atoms with Crippen molar-refractivity contribution in [3.63, 3.8) is 0 Å². The van der Waals surface area contributed by atoms with Crippen molar-refractivity contribution in [3.8, 4) is 22.6 Å². The lowest BCUT2D eigenvalue weighted by Crippen LogP contribution is -2.23. The predicted octanol–water partition coefficient (Wildman–Crippen LogP) is 5.25. The first-order chi connectivity index (χ1) is 14.5. The fourth-order valence-corrected chi connectivity index (χ4v) is 4.41. The average molecular weight is 399 g/mol. The molecule has 0 radical (unpaired) electrons. The van der Waals surface area contributed by atoms with E-state index in [0.717, 1.165) is 46.7 Å². The van der Waals surface area contributed by atoms with Gasteiger partial charge in [0, 0.05) is 18.2 Å². The topological polar surface area (TPSA) is 48.4 Å². The van der Waals surface area contributed by atoms with Crippen molar-refractivity contribution in [2.45, 2.75) is 45.4 Å². The molecule has 30 heavy (non-hydrogen) atoms. The standard InChI is InChI=1S/C26H25NO3/c1-16-5-4-6-19(11-16)21-14-27-22(18(3)17(21)2)13-25(28)26(9-10-26)20-7-8-23-24(12-20)30-15-29-23/h4-8,11-12,14H,9-10,13,15H2,1-3H3. The number of Topliss-reactive ketones (excluding diaryl/α,β-unsaturated/α-hetero) is 1. The predicted molar refractivity (Wildman–Crippen MR) is 116 cm³/mol. The summed E-state index contributed by atoms with van der Waals surface area (Å²) in [5.74, 6) is 1.72. The van der Waals surface area contributed by atoms with Crippen LogP contribution in [0.2, 0.25) is 0 Å². The number of ether oxygens (including phenoxy) is 2. The molecule has 0 spiro atoms. The molecule has 2 aliphatic rings. The summed E-state index contributed by atoms with van der Waals surface area (Å²) in [5.41, 5.74) is 7.31. The number of nitrogens with zero attached hydrogens (tertiary/aromatic N) is 1. The van der Waals surface area contributed by atoms with Crippen LogP contribution in [0.3, 0.4) is 0 Å². The van der Waals surface area contributed by atoms with Gasteiger partial charge < -0.3 is 9.47 Å². The largest absolute Gasteiger partial charge is 0.454 e. The van der Waals surface area contributed by atoms with E-state index in [0.29, 0.717) is 6.42 Å². The third-order valence-electron chi connectivity index (χ3n) is 6.61. The molecule has 3 aromatic rings. The molecule has 2 aromatic carbocycles. The van der Waals surface area contributed by atoms with Gasteiger partial charge in [-0.25, -0.2) is 0 Å². The number of ketones is 1. The Labute approximate surface area is 176 Å². The second-order valence-electron chi connectivity index (χ2n) is 8.49. The minimum Gasteiger partial charge on any atom is -0.454 e. The summed E-state index contributed by atoms with van der Waals surface area (Å²) < 4.78 is 10.9. The van der Waals surface area contributed by atoms with Crippen LogP contribution in [0.4, 0.5) is 0 Å². The summed E-state index contributed by atoms with van der Waals surface area (Å²) in [5, 5.41) is 0. The van der Waals surface area contributed by atoms with Gasteiger partial charge >= 0.3 is 0 Å². The molecule has 4 nitrogen and oxygen atoms in total. The van der Waals surface area contributed by atoms with Gasteiger partial charge in [0.05, 0.1) is 11.1 Å². The Hall–Kier alpha value is -3.14. The quantitative estimate of drug-likeness (QED) is 0.588. The van der Waals surface area contributed by atoms with Crippen LogP contribution in [0.25, 0.3) is 11.1 Å². The second-order valence-corrected chi connectivity index (χ2v) is 8.49. The minimum atomic E-state index is -0.405. The maximum absolute atomic E-state index is 13.3. The maximum atomic E-state index is 13.3. The van der Waals surface area contributed by atoms with Crippen LogP contribution in [-0.2, 0) is 16.6 Å². The Morgan fingerprint density at radius 2 is 1.80 bits per heavy atom. The third-order valence-corrected chi connectivity index (χ3v) is 6.61. The van der Waals surface area contributed by atoms with Crippen molar-refractivity contribution in [1.29, 1.82) is 0 Å². The van der Waals surface area contributed by atoms with Crippen LogP contribution in [0.15, 0.2) is 48.7 Å². The highest BCUT2D eigenvalue weighted by molar-refractivity contribution is 5.94. The Balaban J connectivity index is 1.42. The molecule has 0 amide bonds. The van der Waals surface area contributed by atoms with Gasteiger partial charge in [-0.3, -0.25) is 9.78 Å². The van der Waals surface area contributed by atoms with E-state index in [1.54, 1.807) is 0 Å². The molecule has 0 saturated heterocycles. The van der Waals surface area contributed by atoms with E-state index in [-0.39, 0.29) is 12.6 Å². The summed E-state index contributed by atoms with van der Waals surface area (Å²) in [6.07, 6.45) is 4.03. The van der Waals surface area contributed by atoms with Crippen molar-refractivity contribution in [2.24, 2.45) is 0 Å². The van der Waals surface area contributed by atoms with Gasteiger partial charge in [-0.1, -0.05) is 35.9 Å². The number of hydrogen-bond acceptors (Lipinski definition) is 4. The Bertz CT molecular complexity index is 1160. The van der Waals surface area contributed by atoms with E-state index in [1.165, 1.54) is 16.7 Å². The number of hydrogen-bond donors (Lipinski definition) is 0. The first-order valence-corrected chi connectivity index (χ1v) is 10.4. The van der Waals surface area contributed by atoms with Crippen molar-refractivity contribution in [1.82, 2.24) is 4.98 Å². The van der Waals surface area contributed by atoms with E-state index in [9.17, 15) is 4.79 Å². The summed E-state index contributed by atoms with van der Waals surface area (Å²) in [7, 11) is 0. The summed E-state index contributed by atoms with van der Waals surface area (Å²) >= 11 is 0. The number of carbonyl (C=O) groups excluding carboxylic acids is 1. The molecule has 0 bridgehead atoms. The van der Waals surface area contributed by atoms with Crippen molar-refractivity contribution >= 4 is 5.78 Å².